The summed E-state index contributed by atoms with van der Waals surface area (Å²) in [6.45, 7) is 0. The number of rotatable bonds is 3. The molecule has 0 amide bonds. The number of benzene rings is 1. The Labute approximate surface area is 121 Å². The number of hydrogen-bond donors (Lipinski definition) is 1. The summed E-state index contributed by atoms with van der Waals surface area (Å²) >= 11 is 4.94. The zero-order chi connectivity index (χ0) is 13.2. The number of para-hydroxylation sites is 1. The summed E-state index contributed by atoms with van der Waals surface area (Å²) in [5, 5.41) is 13.7. The number of nitrogens with zero attached hydrogens (tertiary/aromatic N) is 2. The summed E-state index contributed by atoms with van der Waals surface area (Å²) in [6.07, 6.45) is 0.423. The van der Waals surface area contributed by atoms with Gasteiger partial charge in [-0.05, 0) is 34.1 Å². The standard InChI is InChI=1S/C13H9BrN2O2S/c14-11-6-5-10(19-11)13-15-12(18-16-13)7-8-3-1-2-4-9(8)17/h1-6,17H,7H2. The van der Waals surface area contributed by atoms with Crippen LogP contribution in [0.2, 0.25) is 0 Å². The van der Waals surface area contributed by atoms with Crippen LogP contribution in [-0.2, 0) is 6.42 Å². The van der Waals surface area contributed by atoms with Crippen molar-refractivity contribution in [2.24, 2.45) is 0 Å². The third-order valence-corrected chi connectivity index (χ3v) is 4.21. The molecular formula is C13H9BrN2O2S. The van der Waals surface area contributed by atoms with Gasteiger partial charge >= 0.3 is 0 Å². The van der Waals surface area contributed by atoms with Crippen LogP contribution in [0.3, 0.4) is 0 Å². The lowest BCUT2D eigenvalue weighted by molar-refractivity contribution is 0.383. The van der Waals surface area contributed by atoms with E-state index in [0.29, 0.717) is 18.1 Å². The van der Waals surface area contributed by atoms with Gasteiger partial charge in [0.2, 0.25) is 11.7 Å². The summed E-state index contributed by atoms with van der Waals surface area (Å²) in [6, 6.07) is 11.0. The number of halogens is 1. The maximum Gasteiger partial charge on any atom is 0.231 e. The van der Waals surface area contributed by atoms with Crippen molar-refractivity contribution in [2.75, 3.05) is 0 Å². The van der Waals surface area contributed by atoms with Gasteiger partial charge in [0, 0.05) is 5.56 Å². The fourth-order valence-electron chi connectivity index (χ4n) is 1.68. The van der Waals surface area contributed by atoms with Crippen molar-refractivity contribution in [1.82, 2.24) is 10.1 Å². The molecule has 0 unspecified atom stereocenters. The van der Waals surface area contributed by atoms with Crippen LogP contribution in [0, 0.1) is 0 Å². The van der Waals surface area contributed by atoms with Gasteiger partial charge in [-0.3, -0.25) is 0 Å². The zero-order valence-electron chi connectivity index (χ0n) is 9.71. The normalized spacial score (nSPS) is 10.8. The maximum absolute atomic E-state index is 9.71. The average Bonchev–Trinajstić information content (AvgIpc) is 3.01. The van der Waals surface area contributed by atoms with E-state index in [1.54, 1.807) is 23.5 Å². The predicted molar refractivity (Wildman–Crippen MR) is 76.2 cm³/mol. The van der Waals surface area contributed by atoms with Crippen molar-refractivity contribution in [3.8, 4) is 16.5 Å². The molecule has 0 aliphatic heterocycles. The van der Waals surface area contributed by atoms with Gasteiger partial charge in [-0.15, -0.1) is 11.3 Å². The van der Waals surface area contributed by atoms with Crippen LogP contribution in [0.5, 0.6) is 5.75 Å². The molecule has 0 aliphatic carbocycles. The van der Waals surface area contributed by atoms with Gasteiger partial charge in [0.05, 0.1) is 15.1 Å². The molecule has 0 aliphatic rings. The van der Waals surface area contributed by atoms with Crippen LogP contribution in [0.15, 0.2) is 44.7 Å². The lowest BCUT2D eigenvalue weighted by atomic mass is 10.1. The van der Waals surface area contributed by atoms with E-state index in [9.17, 15) is 5.11 Å². The number of aromatic hydroxyl groups is 1. The van der Waals surface area contributed by atoms with Crippen LogP contribution in [0.25, 0.3) is 10.7 Å². The fourth-order valence-corrected chi connectivity index (χ4v) is 3.00. The monoisotopic (exact) mass is 336 g/mol. The van der Waals surface area contributed by atoms with Gasteiger partial charge < -0.3 is 9.63 Å². The molecule has 0 radical (unpaired) electrons. The van der Waals surface area contributed by atoms with E-state index in [1.165, 1.54) is 0 Å². The Morgan fingerprint density at radius 1 is 1.21 bits per heavy atom. The van der Waals surface area contributed by atoms with E-state index >= 15 is 0 Å². The van der Waals surface area contributed by atoms with E-state index in [0.717, 1.165) is 14.2 Å². The lowest BCUT2D eigenvalue weighted by Crippen LogP contribution is -1.88. The second kappa shape index (κ2) is 5.14. The number of thiophene rings is 1. The highest BCUT2D eigenvalue weighted by Crippen LogP contribution is 2.29. The summed E-state index contributed by atoms with van der Waals surface area (Å²) in [4.78, 5) is 5.27. The molecule has 2 aromatic heterocycles. The molecule has 2 heterocycles. The van der Waals surface area contributed by atoms with E-state index in [1.807, 2.05) is 24.3 Å². The van der Waals surface area contributed by atoms with Crippen LogP contribution in [0.4, 0.5) is 0 Å². The summed E-state index contributed by atoms with van der Waals surface area (Å²) in [7, 11) is 0. The third kappa shape index (κ3) is 2.69. The Hall–Kier alpha value is -1.66. The zero-order valence-corrected chi connectivity index (χ0v) is 12.1. The largest absolute Gasteiger partial charge is 0.508 e. The molecule has 0 fully saturated rings. The molecule has 0 atom stereocenters. The first-order chi connectivity index (χ1) is 9.22. The highest BCUT2D eigenvalue weighted by molar-refractivity contribution is 9.11. The first kappa shape index (κ1) is 12.4. The van der Waals surface area contributed by atoms with Crippen molar-refractivity contribution in [3.63, 3.8) is 0 Å². The quantitative estimate of drug-likeness (QED) is 0.788. The van der Waals surface area contributed by atoms with Crippen molar-refractivity contribution in [1.29, 1.82) is 0 Å². The highest BCUT2D eigenvalue weighted by atomic mass is 79.9. The van der Waals surface area contributed by atoms with Crippen molar-refractivity contribution in [3.05, 3.63) is 51.6 Å². The first-order valence-electron chi connectivity index (χ1n) is 5.57. The van der Waals surface area contributed by atoms with Crippen LogP contribution in [-0.4, -0.2) is 15.2 Å². The van der Waals surface area contributed by atoms with E-state index in [4.69, 9.17) is 4.52 Å². The predicted octanol–water partition coefficient (Wildman–Crippen LogP) is 3.86. The molecular weight excluding hydrogens is 328 g/mol. The van der Waals surface area contributed by atoms with E-state index in [-0.39, 0.29) is 5.75 Å². The molecule has 1 aromatic carbocycles. The third-order valence-electron chi connectivity index (χ3n) is 2.59. The molecule has 96 valence electrons. The van der Waals surface area contributed by atoms with Crippen molar-refractivity contribution in [2.45, 2.75) is 6.42 Å². The van der Waals surface area contributed by atoms with E-state index < -0.39 is 0 Å². The number of phenols is 1. The number of aromatic nitrogens is 2. The summed E-state index contributed by atoms with van der Waals surface area (Å²) in [5.41, 5.74) is 0.769. The van der Waals surface area contributed by atoms with Gasteiger partial charge in [0.1, 0.15) is 5.75 Å². The molecule has 1 N–H and O–H groups in total. The number of phenolic OH excluding ortho intramolecular Hbond substituents is 1. The highest BCUT2D eigenvalue weighted by Gasteiger charge is 2.12. The maximum atomic E-state index is 9.71. The molecule has 0 saturated heterocycles. The topological polar surface area (TPSA) is 59.2 Å². The second-order valence-electron chi connectivity index (χ2n) is 3.92. The van der Waals surface area contributed by atoms with Crippen LogP contribution >= 0.6 is 27.3 Å². The molecule has 4 nitrogen and oxygen atoms in total. The smallest absolute Gasteiger partial charge is 0.231 e. The molecule has 6 heteroatoms. The summed E-state index contributed by atoms with van der Waals surface area (Å²) < 4.78 is 6.23. The minimum Gasteiger partial charge on any atom is -0.508 e. The molecule has 19 heavy (non-hydrogen) atoms. The Bertz CT molecular complexity index is 708. The van der Waals surface area contributed by atoms with E-state index in [2.05, 4.69) is 26.1 Å². The average molecular weight is 337 g/mol. The Balaban J connectivity index is 1.84. The molecule has 0 spiro atoms. The number of hydrogen-bond acceptors (Lipinski definition) is 5. The Kier molecular flexibility index (Phi) is 3.35. The minimum atomic E-state index is 0.237. The van der Waals surface area contributed by atoms with Gasteiger partial charge in [-0.1, -0.05) is 23.4 Å². The van der Waals surface area contributed by atoms with Gasteiger partial charge in [-0.25, -0.2) is 0 Å². The lowest BCUT2D eigenvalue weighted by Gasteiger charge is -1.99. The minimum absolute atomic E-state index is 0.237. The van der Waals surface area contributed by atoms with Gasteiger partial charge in [-0.2, -0.15) is 4.98 Å². The van der Waals surface area contributed by atoms with Crippen LogP contribution in [0.1, 0.15) is 11.5 Å². The molecule has 3 aromatic rings. The van der Waals surface area contributed by atoms with Gasteiger partial charge in [0.15, 0.2) is 0 Å². The summed E-state index contributed by atoms with van der Waals surface area (Å²) in [5.74, 6) is 1.29. The molecule has 0 bridgehead atoms. The van der Waals surface area contributed by atoms with Crippen molar-refractivity contribution < 1.29 is 9.63 Å². The molecule has 0 saturated carbocycles. The first-order valence-corrected chi connectivity index (χ1v) is 7.18. The second-order valence-corrected chi connectivity index (χ2v) is 6.38. The SMILES string of the molecule is Oc1ccccc1Cc1nc(-c2ccc(Br)s2)no1. The van der Waals surface area contributed by atoms with Crippen LogP contribution < -0.4 is 0 Å². The fraction of sp³-hybridized carbons (Fsp3) is 0.0769. The Morgan fingerprint density at radius 2 is 2.05 bits per heavy atom. The van der Waals surface area contributed by atoms with Gasteiger partial charge in [0.25, 0.3) is 0 Å². The molecule has 3 rings (SSSR count). The van der Waals surface area contributed by atoms with Crippen molar-refractivity contribution >= 4 is 27.3 Å². The Morgan fingerprint density at radius 3 is 2.79 bits per heavy atom.